The number of phenolic OH excluding ortho intramolecular Hbond substituents is 1. The van der Waals surface area contributed by atoms with E-state index in [4.69, 9.17) is 0 Å². The zero-order valence-corrected chi connectivity index (χ0v) is 21.8. The number of hydrogen-bond donors (Lipinski definition) is 2. The summed E-state index contributed by atoms with van der Waals surface area (Å²) in [6.07, 6.45) is -0.799. The zero-order valence-electron chi connectivity index (χ0n) is 21.0. The van der Waals surface area contributed by atoms with E-state index in [-0.39, 0.29) is 33.4 Å². The summed E-state index contributed by atoms with van der Waals surface area (Å²) in [6.45, 7) is 4.10. The Morgan fingerprint density at radius 1 is 1.15 bits per heavy atom. The molecule has 39 heavy (non-hydrogen) atoms. The number of aromatic amines is 1. The minimum atomic E-state index is -5.14. The summed E-state index contributed by atoms with van der Waals surface area (Å²) in [5, 5.41) is 18.5. The minimum absolute atomic E-state index is 0.0323. The number of anilines is 1. The van der Waals surface area contributed by atoms with Crippen molar-refractivity contribution in [3.05, 3.63) is 65.4 Å². The fourth-order valence-corrected chi connectivity index (χ4v) is 6.00. The largest absolute Gasteiger partial charge is 0.503 e. The Hall–Kier alpha value is -3.58. The standard InChI is InChI=1S/C26H25F5N6OS/c1-3-39(2)37-10-9-36(14-16(37)11-15-7-5-4-6-8-15)25-32-13-18-22(34-35-24(18)33-25)17-12-19(26(29,30)31)21(28)23(38)20(17)27/h3-8,12-13,16,38H,9-11,14H2,1-2H3,(H,32,33,34,35)/t16-,39?/m0/s1. The van der Waals surface area contributed by atoms with Gasteiger partial charge in [0.2, 0.25) is 5.95 Å². The van der Waals surface area contributed by atoms with Crippen LogP contribution in [-0.2, 0) is 12.6 Å². The highest BCUT2D eigenvalue weighted by molar-refractivity contribution is 8.12. The number of nitrogens with zero attached hydrogens (tertiary/aromatic N) is 5. The van der Waals surface area contributed by atoms with Crippen molar-refractivity contribution in [2.45, 2.75) is 25.6 Å². The van der Waals surface area contributed by atoms with Crippen LogP contribution in [0.1, 0.15) is 18.1 Å². The molecule has 4 aromatic rings. The first-order valence-electron chi connectivity index (χ1n) is 12.1. The molecule has 0 spiro atoms. The quantitative estimate of drug-likeness (QED) is 0.250. The van der Waals surface area contributed by atoms with Crippen molar-refractivity contribution in [1.82, 2.24) is 24.5 Å². The van der Waals surface area contributed by atoms with Crippen molar-refractivity contribution in [1.29, 1.82) is 0 Å². The Kier molecular flexibility index (Phi) is 7.29. The van der Waals surface area contributed by atoms with Gasteiger partial charge in [0.1, 0.15) is 0 Å². The lowest BCUT2D eigenvalue weighted by Crippen LogP contribution is -2.52. The lowest BCUT2D eigenvalue weighted by Gasteiger charge is -2.42. The van der Waals surface area contributed by atoms with Crippen LogP contribution < -0.4 is 4.90 Å². The fourth-order valence-electron chi connectivity index (χ4n) is 4.75. The molecule has 0 amide bonds. The van der Waals surface area contributed by atoms with Crippen LogP contribution in [0.25, 0.3) is 22.3 Å². The van der Waals surface area contributed by atoms with Crippen LogP contribution in [0, 0.1) is 11.6 Å². The van der Waals surface area contributed by atoms with E-state index < -0.39 is 34.7 Å². The number of rotatable bonds is 5. The highest BCUT2D eigenvalue weighted by Gasteiger charge is 2.38. The predicted octanol–water partition coefficient (Wildman–Crippen LogP) is 5.39. The second kappa shape index (κ2) is 10.5. The first kappa shape index (κ1) is 27.0. The lowest BCUT2D eigenvalue weighted by molar-refractivity contribution is -0.140. The minimum Gasteiger partial charge on any atom is -0.503 e. The number of aromatic nitrogens is 4. The average Bonchev–Trinajstić information content (AvgIpc) is 3.34. The van der Waals surface area contributed by atoms with Gasteiger partial charge in [0.05, 0.1) is 16.6 Å². The topological polar surface area (TPSA) is 81.2 Å². The van der Waals surface area contributed by atoms with Crippen molar-refractivity contribution in [2.24, 2.45) is 0 Å². The molecule has 0 bridgehead atoms. The van der Waals surface area contributed by atoms with Gasteiger partial charge in [-0.25, -0.2) is 18.1 Å². The summed E-state index contributed by atoms with van der Waals surface area (Å²) in [6, 6.07) is 10.6. The van der Waals surface area contributed by atoms with Gasteiger partial charge >= 0.3 is 6.18 Å². The molecule has 5 rings (SSSR count). The van der Waals surface area contributed by atoms with E-state index in [2.05, 4.69) is 48.2 Å². The van der Waals surface area contributed by atoms with Gasteiger partial charge in [-0.15, -0.1) is 10.7 Å². The van der Waals surface area contributed by atoms with Crippen molar-refractivity contribution >= 4 is 33.0 Å². The monoisotopic (exact) mass is 564 g/mol. The van der Waals surface area contributed by atoms with Crippen LogP contribution in [0.3, 0.4) is 0 Å². The second-order valence-corrected chi connectivity index (χ2v) is 11.1. The van der Waals surface area contributed by atoms with E-state index >= 15 is 0 Å². The van der Waals surface area contributed by atoms with Crippen LogP contribution in [0.15, 0.2) is 42.6 Å². The molecular weight excluding hydrogens is 539 g/mol. The summed E-state index contributed by atoms with van der Waals surface area (Å²) in [5.74, 6) is -4.96. The number of alkyl halides is 3. The summed E-state index contributed by atoms with van der Waals surface area (Å²) in [5.41, 5.74) is -1.37. The molecule has 2 atom stereocenters. The molecule has 2 N–H and O–H groups in total. The summed E-state index contributed by atoms with van der Waals surface area (Å²) >= 11 is 0. The first-order valence-corrected chi connectivity index (χ1v) is 13.7. The molecule has 1 aliphatic heterocycles. The molecule has 2 aromatic carbocycles. The molecule has 0 saturated carbocycles. The highest BCUT2D eigenvalue weighted by atomic mass is 32.2. The number of aromatic hydroxyl groups is 1. The maximum Gasteiger partial charge on any atom is 0.419 e. The molecule has 13 heteroatoms. The molecule has 0 aliphatic carbocycles. The van der Waals surface area contributed by atoms with Crippen LogP contribution in [-0.4, -0.2) is 66.9 Å². The van der Waals surface area contributed by atoms with Crippen molar-refractivity contribution < 1.29 is 27.1 Å². The molecular formula is C26H25F5N6OS. The Bertz CT molecular complexity index is 1540. The van der Waals surface area contributed by atoms with Crippen LogP contribution >= 0.6 is 10.7 Å². The molecule has 1 saturated heterocycles. The number of hydrogen-bond acceptors (Lipinski definition) is 6. The second-order valence-electron chi connectivity index (χ2n) is 9.14. The number of phenols is 1. The first-order chi connectivity index (χ1) is 18.6. The van der Waals surface area contributed by atoms with Gasteiger partial charge in [-0.1, -0.05) is 35.7 Å². The van der Waals surface area contributed by atoms with Crippen molar-refractivity contribution in [2.75, 3.05) is 30.8 Å². The van der Waals surface area contributed by atoms with Crippen molar-refractivity contribution in [3.8, 4) is 17.0 Å². The number of H-pyrrole nitrogens is 1. The molecule has 206 valence electrons. The molecule has 2 aromatic heterocycles. The molecule has 0 radical (unpaired) electrons. The van der Waals surface area contributed by atoms with Crippen LogP contribution in [0.5, 0.6) is 5.75 Å². The Morgan fingerprint density at radius 3 is 2.59 bits per heavy atom. The lowest BCUT2D eigenvalue weighted by atomic mass is 10.0. The van der Waals surface area contributed by atoms with Gasteiger partial charge in [0.15, 0.2) is 23.0 Å². The fraction of sp³-hybridized carbons (Fsp3) is 0.308. The number of halogens is 5. The zero-order chi connectivity index (χ0) is 27.9. The molecule has 7 nitrogen and oxygen atoms in total. The SMILES string of the molecule is C/C=S(\C)N1CCN(c2ncc3c(-c4cc(C(F)(F)F)c(F)c(O)c4F)[nH]nc3n2)C[C@@H]1Cc1ccccc1. The van der Waals surface area contributed by atoms with Gasteiger partial charge in [0, 0.05) is 37.4 Å². The molecule has 1 fully saturated rings. The number of benzene rings is 2. The van der Waals surface area contributed by atoms with E-state index in [1.807, 2.05) is 30.0 Å². The Morgan fingerprint density at radius 2 is 1.90 bits per heavy atom. The van der Waals surface area contributed by atoms with Crippen LogP contribution in [0.2, 0.25) is 0 Å². The predicted molar refractivity (Wildman–Crippen MR) is 142 cm³/mol. The Balaban J connectivity index is 1.47. The molecule has 1 aliphatic rings. The van der Waals surface area contributed by atoms with E-state index in [0.29, 0.717) is 25.1 Å². The van der Waals surface area contributed by atoms with Crippen molar-refractivity contribution in [3.63, 3.8) is 0 Å². The normalized spacial score (nSPS) is 17.7. The summed E-state index contributed by atoms with van der Waals surface area (Å²) in [4.78, 5) is 10.9. The number of piperazine rings is 1. The molecule has 3 heterocycles. The van der Waals surface area contributed by atoms with Crippen LogP contribution in [0.4, 0.5) is 27.9 Å². The van der Waals surface area contributed by atoms with E-state index in [9.17, 15) is 27.1 Å². The Labute approximate surface area is 223 Å². The molecule has 1 unspecified atom stereocenters. The van der Waals surface area contributed by atoms with Gasteiger partial charge in [0.25, 0.3) is 0 Å². The number of nitrogens with one attached hydrogen (secondary N) is 1. The van der Waals surface area contributed by atoms with Gasteiger partial charge < -0.3 is 10.0 Å². The summed E-state index contributed by atoms with van der Waals surface area (Å²) in [7, 11) is -0.0323. The third kappa shape index (κ3) is 5.20. The maximum atomic E-state index is 14.7. The van der Waals surface area contributed by atoms with E-state index in [0.717, 1.165) is 13.0 Å². The van der Waals surface area contributed by atoms with E-state index in [1.165, 1.54) is 11.8 Å². The third-order valence-corrected chi connectivity index (χ3v) is 8.69. The highest BCUT2D eigenvalue weighted by Crippen LogP contribution is 2.41. The smallest absolute Gasteiger partial charge is 0.419 e. The van der Waals surface area contributed by atoms with Gasteiger partial charge in [-0.2, -0.15) is 23.3 Å². The average molecular weight is 565 g/mol. The van der Waals surface area contributed by atoms with Gasteiger partial charge in [-0.3, -0.25) is 5.10 Å². The number of fused-ring (bicyclic) bond motifs is 1. The third-order valence-electron chi connectivity index (χ3n) is 6.79. The summed E-state index contributed by atoms with van der Waals surface area (Å²) < 4.78 is 71.0. The van der Waals surface area contributed by atoms with Gasteiger partial charge in [-0.05, 0) is 31.2 Å². The maximum absolute atomic E-state index is 14.7. The van der Waals surface area contributed by atoms with E-state index in [1.54, 1.807) is 0 Å².